The maximum absolute atomic E-state index is 12.5. The van der Waals surface area contributed by atoms with E-state index in [1.807, 2.05) is 0 Å². The van der Waals surface area contributed by atoms with Crippen molar-refractivity contribution in [2.45, 2.75) is 23.3 Å². The topological polar surface area (TPSA) is 119 Å². The first-order chi connectivity index (χ1) is 12.3. The first-order valence-electron chi connectivity index (χ1n) is 7.89. The van der Waals surface area contributed by atoms with E-state index in [1.165, 1.54) is 28.6 Å². The van der Waals surface area contributed by atoms with E-state index in [0.717, 1.165) is 0 Å². The van der Waals surface area contributed by atoms with Gasteiger partial charge in [0.15, 0.2) is 0 Å². The lowest BCUT2D eigenvalue weighted by Crippen LogP contribution is -2.40. The summed E-state index contributed by atoms with van der Waals surface area (Å²) in [5.74, 6) is 0.580. The quantitative estimate of drug-likeness (QED) is 0.748. The largest absolute Gasteiger partial charge is 0.379 e. The van der Waals surface area contributed by atoms with Crippen molar-refractivity contribution in [3.8, 4) is 0 Å². The third-order valence-electron chi connectivity index (χ3n) is 3.86. The third kappa shape index (κ3) is 4.13. The van der Waals surface area contributed by atoms with Gasteiger partial charge in [0.25, 0.3) is 0 Å². The summed E-state index contributed by atoms with van der Waals surface area (Å²) >= 11 is 0. The maximum Gasteiger partial charge on any atom is 0.243 e. The van der Waals surface area contributed by atoms with Crippen LogP contribution < -0.4 is 4.72 Å². The molecule has 0 unspecified atom stereocenters. The van der Waals surface area contributed by atoms with Gasteiger partial charge < -0.3 is 9.26 Å². The van der Waals surface area contributed by atoms with Crippen molar-refractivity contribution < 1.29 is 26.1 Å². The molecule has 26 heavy (non-hydrogen) atoms. The number of hydrogen-bond donors (Lipinski definition) is 1. The van der Waals surface area contributed by atoms with Gasteiger partial charge in [0.1, 0.15) is 5.76 Å². The molecule has 1 saturated heterocycles. The van der Waals surface area contributed by atoms with Crippen LogP contribution in [0.25, 0.3) is 0 Å². The van der Waals surface area contributed by atoms with Crippen LogP contribution in [0.3, 0.4) is 0 Å². The second kappa shape index (κ2) is 7.45. The molecule has 0 atom stereocenters. The summed E-state index contributed by atoms with van der Waals surface area (Å²) in [4.78, 5) is 0.0177. The molecule has 1 fully saturated rings. The maximum atomic E-state index is 12.5. The number of benzene rings is 1. The first-order valence-corrected chi connectivity index (χ1v) is 10.8. The van der Waals surface area contributed by atoms with Crippen LogP contribution in [0, 0.1) is 6.92 Å². The molecule has 1 aliphatic rings. The molecule has 0 spiro atoms. The van der Waals surface area contributed by atoms with Crippen molar-refractivity contribution in [1.29, 1.82) is 0 Å². The van der Waals surface area contributed by atoms with Crippen LogP contribution in [0.5, 0.6) is 0 Å². The summed E-state index contributed by atoms with van der Waals surface area (Å²) in [6.45, 7) is 2.93. The van der Waals surface area contributed by atoms with E-state index in [-0.39, 0.29) is 29.4 Å². The zero-order valence-corrected chi connectivity index (χ0v) is 15.7. The van der Waals surface area contributed by atoms with E-state index < -0.39 is 20.0 Å². The fourth-order valence-corrected chi connectivity index (χ4v) is 4.89. The Kier molecular flexibility index (Phi) is 5.44. The molecule has 0 saturated carbocycles. The van der Waals surface area contributed by atoms with E-state index >= 15 is 0 Å². The Balaban J connectivity index is 1.73. The number of hydrogen-bond acceptors (Lipinski definition) is 7. The van der Waals surface area contributed by atoms with Crippen LogP contribution in [0.1, 0.15) is 11.5 Å². The van der Waals surface area contributed by atoms with Crippen LogP contribution in [0.2, 0.25) is 0 Å². The lowest BCUT2D eigenvalue weighted by atomic mass is 10.4. The molecule has 2 aromatic rings. The highest BCUT2D eigenvalue weighted by Crippen LogP contribution is 2.19. The lowest BCUT2D eigenvalue weighted by Gasteiger charge is -2.26. The highest BCUT2D eigenvalue weighted by Gasteiger charge is 2.26. The highest BCUT2D eigenvalue weighted by atomic mass is 32.2. The Bertz CT molecular complexity index is 961. The van der Waals surface area contributed by atoms with Gasteiger partial charge in [0.05, 0.1) is 35.2 Å². The second-order valence-corrected chi connectivity index (χ2v) is 9.45. The van der Waals surface area contributed by atoms with Crippen LogP contribution in [-0.4, -0.2) is 52.6 Å². The molecule has 0 amide bonds. The van der Waals surface area contributed by atoms with Crippen LogP contribution in [-0.2, 0) is 31.3 Å². The molecular weight excluding hydrogens is 382 g/mol. The van der Waals surface area contributed by atoms with Crippen molar-refractivity contribution in [3.05, 3.63) is 41.8 Å². The summed E-state index contributed by atoms with van der Waals surface area (Å²) in [7, 11) is -7.46. The van der Waals surface area contributed by atoms with Crippen LogP contribution >= 0.6 is 0 Å². The molecule has 1 aliphatic heterocycles. The van der Waals surface area contributed by atoms with Crippen molar-refractivity contribution >= 4 is 20.0 Å². The normalized spacial score (nSPS) is 16.7. The van der Waals surface area contributed by atoms with Gasteiger partial charge in [0, 0.05) is 19.2 Å². The monoisotopic (exact) mass is 401 g/mol. The van der Waals surface area contributed by atoms with E-state index in [9.17, 15) is 16.8 Å². The third-order valence-corrected chi connectivity index (χ3v) is 7.19. The number of nitrogens with one attached hydrogen (secondary N) is 1. The van der Waals surface area contributed by atoms with Crippen LogP contribution in [0.4, 0.5) is 0 Å². The minimum atomic E-state index is -3.80. The van der Waals surface area contributed by atoms with Gasteiger partial charge in [-0.15, -0.1) is 0 Å². The molecule has 9 nitrogen and oxygen atoms in total. The van der Waals surface area contributed by atoms with E-state index in [4.69, 9.17) is 9.26 Å². The zero-order chi connectivity index (χ0) is 18.8. The number of nitrogens with zero attached hydrogens (tertiary/aromatic N) is 2. The second-order valence-electron chi connectivity index (χ2n) is 5.74. The number of rotatable bonds is 6. The van der Waals surface area contributed by atoms with Crippen molar-refractivity contribution in [2.75, 3.05) is 26.3 Å². The fraction of sp³-hybridized carbons (Fsp3) is 0.400. The molecular formula is C15H19N3O6S2. The van der Waals surface area contributed by atoms with E-state index in [2.05, 4.69) is 9.88 Å². The van der Waals surface area contributed by atoms with Crippen molar-refractivity contribution in [2.24, 2.45) is 0 Å². The minimum Gasteiger partial charge on any atom is -0.379 e. The zero-order valence-electron chi connectivity index (χ0n) is 14.1. The number of ether oxygens (including phenoxy) is 1. The predicted octanol–water partition coefficient (Wildman–Crippen LogP) is 0.482. The van der Waals surface area contributed by atoms with Crippen molar-refractivity contribution in [3.63, 3.8) is 0 Å². The molecule has 2 heterocycles. The van der Waals surface area contributed by atoms with E-state index in [0.29, 0.717) is 24.7 Å². The molecule has 0 aliphatic carbocycles. The summed E-state index contributed by atoms with van der Waals surface area (Å²) in [6.07, 6.45) is 0. The Morgan fingerprint density at radius 2 is 1.69 bits per heavy atom. The molecule has 1 N–H and O–H groups in total. The average molecular weight is 401 g/mol. The molecule has 0 radical (unpaired) electrons. The smallest absolute Gasteiger partial charge is 0.243 e. The molecule has 1 aromatic heterocycles. The number of sulfonamides is 2. The fourth-order valence-electron chi connectivity index (χ4n) is 2.48. The van der Waals surface area contributed by atoms with Crippen molar-refractivity contribution in [1.82, 2.24) is 14.2 Å². The van der Waals surface area contributed by atoms with E-state index in [1.54, 1.807) is 13.0 Å². The summed E-state index contributed by atoms with van der Waals surface area (Å²) < 4.78 is 63.5. The average Bonchev–Trinajstić information content (AvgIpc) is 3.06. The van der Waals surface area contributed by atoms with Gasteiger partial charge in [-0.3, -0.25) is 0 Å². The Morgan fingerprint density at radius 3 is 2.27 bits per heavy atom. The standard InChI is InChI=1S/C15H19N3O6S2/c1-12-10-13(17-24-12)11-16-25(19,20)14-2-4-15(5-3-14)26(21,22)18-6-8-23-9-7-18/h2-5,10,16H,6-9,11H2,1H3. The predicted molar refractivity (Wildman–Crippen MR) is 91.3 cm³/mol. The lowest BCUT2D eigenvalue weighted by molar-refractivity contribution is 0.0730. The number of aromatic nitrogens is 1. The molecule has 142 valence electrons. The highest BCUT2D eigenvalue weighted by molar-refractivity contribution is 7.89. The minimum absolute atomic E-state index is 0.0203. The molecule has 11 heteroatoms. The Hall–Kier alpha value is -1.79. The summed E-state index contributed by atoms with van der Waals surface area (Å²) in [5, 5.41) is 3.71. The van der Waals surface area contributed by atoms with Gasteiger partial charge in [-0.25, -0.2) is 21.6 Å². The van der Waals surface area contributed by atoms with Gasteiger partial charge in [0.2, 0.25) is 20.0 Å². The summed E-state index contributed by atoms with van der Waals surface area (Å²) in [5.41, 5.74) is 0.456. The Labute approximate surface area is 152 Å². The molecule has 3 rings (SSSR count). The van der Waals surface area contributed by atoms with Gasteiger partial charge in [-0.2, -0.15) is 4.31 Å². The first kappa shape index (κ1) is 19.0. The Morgan fingerprint density at radius 1 is 1.08 bits per heavy atom. The molecule has 1 aromatic carbocycles. The SMILES string of the molecule is Cc1cc(CNS(=O)(=O)c2ccc(S(=O)(=O)N3CCOCC3)cc2)no1. The van der Waals surface area contributed by atoms with Gasteiger partial charge >= 0.3 is 0 Å². The molecule has 0 bridgehead atoms. The van der Waals surface area contributed by atoms with Crippen LogP contribution in [0.15, 0.2) is 44.6 Å². The van der Waals surface area contributed by atoms with Gasteiger partial charge in [-0.1, -0.05) is 5.16 Å². The van der Waals surface area contributed by atoms with Gasteiger partial charge in [-0.05, 0) is 31.2 Å². The number of aryl methyl sites for hydroxylation is 1. The number of morpholine rings is 1. The summed E-state index contributed by atoms with van der Waals surface area (Å²) in [6, 6.07) is 6.74.